The van der Waals surface area contributed by atoms with E-state index in [4.69, 9.17) is 10.5 Å². The summed E-state index contributed by atoms with van der Waals surface area (Å²) in [5, 5.41) is 3.36. The summed E-state index contributed by atoms with van der Waals surface area (Å²) < 4.78 is 6.23. The number of primary amides is 1. The number of benzene rings is 1. The highest BCUT2D eigenvalue weighted by Crippen LogP contribution is 2.48. The van der Waals surface area contributed by atoms with Gasteiger partial charge in [0.1, 0.15) is 10.8 Å². The molecule has 0 spiro atoms. The molecule has 0 aliphatic carbocycles. The van der Waals surface area contributed by atoms with E-state index in [9.17, 15) is 9.59 Å². The van der Waals surface area contributed by atoms with Crippen LogP contribution in [0.4, 0.5) is 5.00 Å². The van der Waals surface area contributed by atoms with E-state index in [1.54, 1.807) is 24.5 Å². The van der Waals surface area contributed by atoms with Gasteiger partial charge >= 0.3 is 0 Å². The number of aromatic amines is 1. The van der Waals surface area contributed by atoms with Gasteiger partial charge < -0.3 is 20.8 Å². The van der Waals surface area contributed by atoms with Crippen LogP contribution in [0.1, 0.15) is 58.9 Å². The van der Waals surface area contributed by atoms with Crippen LogP contribution >= 0.6 is 11.3 Å². The van der Waals surface area contributed by atoms with E-state index < -0.39 is 17.1 Å². The maximum absolute atomic E-state index is 13.2. The van der Waals surface area contributed by atoms with Gasteiger partial charge in [0.2, 0.25) is 0 Å². The molecule has 1 aliphatic heterocycles. The summed E-state index contributed by atoms with van der Waals surface area (Å²) in [7, 11) is 0. The number of H-pyrrole nitrogens is 1. The van der Waals surface area contributed by atoms with Crippen molar-refractivity contribution in [1.82, 2.24) is 9.97 Å². The lowest BCUT2D eigenvalue weighted by Gasteiger charge is -2.41. The predicted molar refractivity (Wildman–Crippen MR) is 117 cm³/mol. The summed E-state index contributed by atoms with van der Waals surface area (Å²) in [5.74, 6) is -0.297. The molecule has 0 saturated carbocycles. The highest BCUT2D eigenvalue weighted by Gasteiger charge is 2.43. The first-order valence-electron chi connectivity index (χ1n) is 9.65. The highest BCUT2D eigenvalue weighted by molar-refractivity contribution is 7.17. The van der Waals surface area contributed by atoms with Crippen LogP contribution in [-0.2, 0) is 16.8 Å². The quantitative estimate of drug-likeness (QED) is 0.586. The molecule has 0 unspecified atom stereocenters. The molecule has 8 heteroatoms. The number of carbonyl (C=O) groups is 2. The maximum Gasteiger partial charge on any atom is 0.257 e. The number of hydrogen-bond acceptors (Lipinski definition) is 5. The Morgan fingerprint density at radius 1 is 1.23 bits per heavy atom. The topological polar surface area (TPSA) is 110 Å². The van der Waals surface area contributed by atoms with Crippen molar-refractivity contribution in [1.29, 1.82) is 0 Å². The second kappa shape index (κ2) is 7.07. The SMILES string of the molecule is CC1(C)Cc2c(sc(NC(=O)c3ccccc3-c3ncc[nH]3)c2C(N)=O)C(C)(C)O1. The first kappa shape index (κ1) is 20.3. The van der Waals surface area contributed by atoms with Crippen molar-refractivity contribution in [3.8, 4) is 11.4 Å². The molecule has 7 nitrogen and oxygen atoms in total. The van der Waals surface area contributed by atoms with Crippen LogP contribution in [0.15, 0.2) is 36.7 Å². The van der Waals surface area contributed by atoms with Gasteiger partial charge in [0.25, 0.3) is 11.8 Å². The molecule has 3 aromatic rings. The van der Waals surface area contributed by atoms with Crippen LogP contribution in [0.2, 0.25) is 0 Å². The van der Waals surface area contributed by atoms with Gasteiger partial charge in [-0.1, -0.05) is 18.2 Å². The largest absolute Gasteiger partial charge is 0.365 e. The Hall–Kier alpha value is -2.97. The fraction of sp³-hybridized carbons (Fsp3) is 0.318. The normalized spacial score (nSPS) is 16.7. The zero-order valence-corrected chi connectivity index (χ0v) is 18.1. The van der Waals surface area contributed by atoms with Gasteiger partial charge in [0.15, 0.2) is 0 Å². The van der Waals surface area contributed by atoms with Crippen molar-refractivity contribution in [3.63, 3.8) is 0 Å². The van der Waals surface area contributed by atoms with Gasteiger partial charge in [-0.15, -0.1) is 11.3 Å². The standard InChI is InChI=1S/C22H24N4O3S/c1-21(2)11-14-15(17(23)27)20(30-16(14)22(3,4)29-21)26-19(28)13-8-6-5-7-12(13)18-24-9-10-25-18/h5-10H,11H2,1-4H3,(H2,23,27)(H,24,25)(H,26,28). The van der Waals surface area contributed by atoms with Crippen molar-refractivity contribution in [3.05, 3.63) is 58.2 Å². The summed E-state index contributed by atoms with van der Waals surface area (Å²) in [6.45, 7) is 7.90. The number of ether oxygens (including phenoxy) is 1. The van der Waals surface area contributed by atoms with Gasteiger partial charge in [0.05, 0.1) is 22.3 Å². The van der Waals surface area contributed by atoms with Crippen LogP contribution in [0.3, 0.4) is 0 Å². The maximum atomic E-state index is 13.2. The van der Waals surface area contributed by atoms with E-state index in [0.29, 0.717) is 33.9 Å². The molecule has 1 aromatic carbocycles. The number of nitrogens with one attached hydrogen (secondary N) is 2. The van der Waals surface area contributed by atoms with Crippen molar-refractivity contribution in [2.24, 2.45) is 5.73 Å². The minimum Gasteiger partial charge on any atom is -0.365 e. The minimum atomic E-state index is -0.596. The second-order valence-electron chi connectivity index (χ2n) is 8.46. The summed E-state index contributed by atoms with van der Waals surface area (Å²) in [6, 6.07) is 7.17. The fourth-order valence-corrected chi connectivity index (χ4v) is 5.40. The van der Waals surface area contributed by atoms with Gasteiger partial charge in [-0.05, 0) is 39.3 Å². The zero-order valence-electron chi connectivity index (χ0n) is 17.3. The molecule has 0 atom stereocenters. The zero-order chi connectivity index (χ0) is 21.7. The van der Waals surface area contributed by atoms with E-state index in [2.05, 4.69) is 15.3 Å². The molecule has 0 saturated heterocycles. The van der Waals surface area contributed by atoms with Crippen molar-refractivity contribution >= 4 is 28.2 Å². The number of imidazole rings is 1. The number of nitrogens with zero attached hydrogens (tertiary/aromatic N) is 1. The third kappa shape index (κ3) is 3.53. The first-order chi connectivity index (χ1) is 14.1. The molecule has 4 N–H and O–H groups in total. The Morgan fingerprint density at radius 2 is 1.97 bits per heavy atom. The number of rotatable bonds is 4. The number of thiophene rings is 1. The summed E-state index contributed by atoms with van der Waals surface area (Å²) in [5.41, 5.74) is 7.03. The van der Waals surface area contributed by atoms with Crippen molar-refractivity contribution < 1.29 is 14.3 Å². The molecule has 1 aliphatic rings. The lowest BCUT2D eigenvalue weighted by molar-refractivity contribution is -0.135. The average Bonchev–Trinajstić information content (AvgIpc) is 3.28. The van der Waals surface area contributed by atoms with Crippen molar-refractivity contribution in [2.45, 2.75) is 45.3 Å². The van der Waals surface area contributed by atoms with Crippen LogP contribution < -0.4 is 11.1 Å². The molecule has 3 heterocycles. The van der Waals surface area contributed by atoms with E-state index in [0.717, 1.165) is 10.4 Å². The predicted octanol–water partition coefficient (Wildman–Crippen LogP) is 4.08. The number of carbonyl (C=O) groups excluding carboxylic acids is 2. The monoisotopic (exact) mass is 424 g/mol. The molecule has 30 heavy (non-hydrogen) atoms. The fourth-order valence-electron chi connectivity index (χ4n) is 4.14. The smallest absolute Gasteiger partial charge is 0.257 e. The van der Waals surface area contributed by atoms with Gasteiger partial charge in [-0.2, -0.15) is 0 Å². The first-order valence-corrected chi connectivity index (χ1v) is 10.5. The molecule has 0 radical (unpaired) electrons. The third-order valence-corrected chi connectivity index (χ3v) is 6.54. The Labute approximate surface area is 178 Å². The molecule has 2 amide bonds. The van der Waals surface area contributed by atoms with E-state index in [-0.39, 0.29) is 5.91 Å². The lowest BCUT2D eigenvalue weighted by Crippen LogP contribution is -2.42. The van der Waals surface area contributed by atoms with Gasteiger partial charge in [0, 0.05) is 29.3 Å². The number of aromatic nitrogens is 2. The van der Waals surface area contributed by atoms with E-state index in [1.807, 2.05) is 39.8 Å². The molecule has 0 bridgehead atoms. The Kier molecular flexibility index (Phi) is 4.79. The minimum absolute atomic E-state index is 0.332. The third-order valence-electron chi connectivity index (χ3n) is 5.09. The summed E-state index contributed by atoms with van der Waals surface area (Å²) >= 11 is 1.34. The average molecular weight is 425 g/mol. The summed E-state index contributed by atoms with van der Waals surface area (Å²) in [4.78, 5) is 33.7. The van der Waals surface area contributed by atoms with Gasteiger partial charge in [-0.3, -0.25) is 9.59 Å². The van der Waals surface area contributed by atoms with E-state index >= 15 is 0 Å². The molecule has 0 fully saturated rings. The Morgan fingerprint density at radius 3 is 2.63 bits per heavy atom. The number of fused-ring (bicyclic) bond motifs is 1. The van der Waals surface area contributed by atoms with Crippen LogP contribution in [0, 0.1) is 0 Å². The molecular formula is C22H24N4O3S. The molecule has 4 rings (SSSR count). The molecular weight excluding hydrogens is 400 g/mol. The Balaban J connectivity index is 1.76. The summed E-state index contributed by atoms with van der Waals surface area (Å²) in [6.07, 6.45) is 3.87. The molecule has 156 valence electrons. The van der Waals surface area contributed by atoms with E-state index in [1.165, 1.54) is 11.3 Å². The van der Waals surface area contributed by atoms with Crippen LogP contribution in [0.25, 0.3) is 11.4 Å². The highest BCUT2D eigenvalue weighted by atomic mass is 32.1. The number of nitrogens with two attached hydrogens (primary N) is 1. The van der Waals surface area contributed by atoms with Crippen LogP contribution in [-0.4, -0.2) is 27.4 Å². The van der Waals surface area contributed by atoms with Gasteiger partial charge in [-0.25, -0.2) is 4.98 Å². The number of anilines is 1. The lowest BCUT2D eigenvalue weighted by atomic mass is 9.86. The number of hydrogen-bond donors (Lipinski definition) is 3. The van der Waals surface area contributed by atoms with Crippen molar-refractivity contribution in [2.75, 3.05) is 5.32 Å². The number of amides is 2. The Bertz CT molecular complexity index is 1130. The van der Waals surface area contributed by atoms with Crippen LogP contribution in [0.5, 0.6) is 0 Å². The second-order valence-corrected chi connectivity index (χ2v) is 9.49. The molecule has 2 aromatic heterocycles.